The molecule has 2 aromatic carbocycles. The largest absolute Gasteiger partial charge is 0.495 e. The molecule has 0 aliphatic heterocycles. The van der Waals surface area contributed by atoms with Crippen LogP contribution in [0.3, 0.4) is 0 Å². The number of carbonyl (C=O) groups is 2. The van der Waals surface area contributed by atoms with Crippen LogP contribution in [0.25, 0.3) is 0 Å². The van der Waals surface area contributed by atoms with Crippen molar-refractivity contribution in [2.24, 2.45) is 5.73 Å². The second kappa shape index (κ2) is 8.30. The molecule has 1 atom stereocenters. The lowest BCUT2D eigenvalue weighted by molar-refractivity contribution is -0.125. The van der Waals surface area contributed by atoms with Crippen LogP contribution in [0.2, 0.25) is 0 Å². The maximum Gasteiger partial charge on any atom is 0.339 e. The fourth-order valence-electron chi connectivity index (χ4n) is 2.44. The first-order chi connectivity index (χ1) is 13.1. The van der Waals surface area contributed by atoms with Crippen LogP contribution in [-0.4, -0.2) is 40.6 Å². The molecule has 0 saturated heterocycles. The number of nitrogens with zero attached hydrogens (tertiary/aromatic N) is 1. The Kier molecular flexibility index (Phi) is 6.30. The van der Waals surface area contributed by atoms with Crippen molar-refractivity contribution in [3.63, 3.8) is 0 Å². The smallest absolute Gasteiger partial charge is 0.339 e. The van der Waals surface area contributed by atoms with Gasteiger partial charge in [0, 0.05) is 7.05 Å². The molecule has 0 aliphatic carbocycles. The number of amides is 1. The molecule has 0 unspecified atom stereocenters. The van der Waals surface area contributed by atoms with Gasteiger partial charge in [-0.05, 0) is 43.7 Å². The van der Waals surface area contributed by atoms with Gasteiger partial charge in [0.15, 0.2) is 6.10 Å². The average Bonchev–Trinajstić information content (AvgIpc) is 2.67. The molecule has 2 rings (SSSR count). The van der Waals surface area contributed by atoms with E-state index in [0.717, 1.165) is 4.31 Å². The third-order valence-electron chi connectivity index (χ3n) is 4.20. The van der Waals surface area contributed by atoms with Gasteiger partial charge < -0.3 is 15.2 Å². The van der Waals surface area contributed by atoms with Gasteiger partial charge in [-0.15, -0.1) is 0 Å². The zero-order chi connectivity index (χ0) is 21.1. The van der Waals surface area contributed by atoms with E-state index in [2.05, 4.69) is 0 Å². The minimum Gasteiger partial charge on any atom is -0.495 e. The number of esters is 1. The van der Waals surface area contributed by atoms with Gasteiger partial charge in [0.05, 0.1) is 23.3 Å². The van der Waals surface area contributed by atoms with E-state index >= 15 is 0 Å². The second-order valence-electron chi connectivity index (χ2n) is 6.07. The fraction of sp³-hybridized carbons (Fsp3) is 0.263. The Morgan fingerprint density at radius 3 is 2.39 bits per heavy atom. The Labute approximate surface area is 163 Å². The highest BCUT2D eigenvalue weighted by molar-refractivity contribution is 7.92. The normalized spacial score (nSPS) is 12.1. The van der Waals surface area contributed by atoms with E-state index in [0.29, 0.717) is 17.0 Å². The Morgan fingerprint density at radius 1 is 1.14 bits per heavy atom. The first-order valence-electron chi connectivity index (χ1n) is 8.32. The topological polar surface area (TPSA) is 116 Å². The van der Waals surface area contributed by atoms with Crippen molar-refractivity contribution in [2.45, 2.75) is 24.8 Å². The monoisotopic (exact) mass is 406 g/mol. The number of nitrogens with two attached hydrogens (primary N) is 1. The molecule has 150 valence electrons. The highest BCUT2D eigenvalue weighted by Crippen LogP contribution is 2.31. The minimum absolute atomic E-state index is 0.0302. The lowest BCUT2D eigenvalue weighted by Crippen LogP contribution is -2.31. The van der Waals surface area contributed by atoms with Crippen LogP contribution in [0.15, 0.2) is 47.4 Å². The number of benzene rings is 2. The summed E-state index contributed by atoms with van der Waals surface area (Å²) in [6, 6.07) is 10.8. The summed E-state index contributed by atoms with van der Waals surface area (Å²) in [5.74, 6) is -1.25. The van der Waals surface area contributed by atoms with E-state index < -0.39 is 28.0 Å². The third-order valence-corrected chi connectivity index (χ3v) is 5.96. The lowest BCUT2D eigenvalue weighted by Gasteiger charge is -2.22. The lowest BCUT2D eigenvalue weighted by atomic mass is 10.1. The molecular weight excluding hydrogens is 384 g/mol. The van der Waals surface area contributed by atoms with Gasteiger partial charge in [-0.25, -0.2) is 13.2 Å². The first kappa shape index (κ1) is 21.2. The van der Waals surface area contributed by atoms with Gasteiger partial charge in [-0.2, -0.15) is 0 Å². The molecule has 0 aliphatic rings. The minimum atomic E-state index is -3.99. The summed E-state index contributed by atoms with van der Waals surface area (Å²) < 4.78 is 37.4. The predicted octanol–water partition coefficient (Wildman–Crippen LogP) is 1.86. The van der Waals surface area contributed by atoms with Crippen LogP contribution >= 0.6 is 0 Å². The zero-order valence-electron chi connectivity index (χ0n) is 16.0. The predicted molar refractivity (Wildman–Crippen MR) is 104 cm³/mol. The number of primary amides is 1. The summed E-state index contributed by atoms with van der Waals surface area (Å²) in [4.78, 5) is 23.3. The Hall–Kier alpha value is -3.07. The van der Waals surface area contributed by atoms with E-state index in [4.69, 9.17) is 15.2 Å². The Balaban J connectivity index is 2.44. The summed E-state index contributed by atoms with van der Waals surface area (Å²) in [6.45, 7) is 2.97. The van der Waals surface area contributed by atoms with Crippen LogP contribution in [0.4, 0.5) is 5.69 Å². The molecule has 9 heteroatoms. The summed E-state index contributed by atoms with van der Waals surface area (Å²) in [6.07, 6.45) is -1.14. The molecule has 2 aromatic rings. The van der Waals surface area contributed by atoms with E-state index in [1.165, 1.54) is 39.3 Å². The van der Waals surface area contributed by atoms with Gasteiger partial charge in [-0.3, -0.25) is 9.10 Å². The maximum absolute atomic E-state index is 13.1. The SMILES string of the molecule is COc1ccccc1N(C)S(=O)(=O)c1ccc(C)c(C(=O)O[C@@H](C)C(N)=O)c1. The van der Waals surface area contributed by atoms with E-state index in [1.807, 2.05) is 0 Å². The molecule has 8 nitrogen and oxygen atoms in total. The number of sulfonamides is 1. The fourth-order valence-corrected chi connectivity index (χ4v) is 3.67. The number of rotatable bonds is 7. The molecular formula is C19H22N2O6S. The van der Waals surface area contributed by atoms with Crippen LogP contribution in [0, 0.1) is 6.92 Å². The number of aryl methyl sites for hydroxylation is 1. The number of para-hydroxylation sites is 2. The molecule has 28 heavy (non-hydrogen) atoms. The van der Waals surface area contributed by atoms with Gasteiger partial charge in [0.2, 0.25) is 0 Å². The van der Waals surface area contributed by atoms with Crippen molar-refractivity contribution < 1.29 is 27.5 Å². The summed E-state index contributed by atoms with van der Waals surface area (Å²) in [5, 5.41) is 0. The van der Waals surface area contributed by atoms with E-state index in [1.54, 1.807) is 31.2 Å². The molecule has 0 spiro atoms. The summed E-state index contributed by atoms with van der Waals surface area (Å²) in [7, 11) is -1.16. The number of hydrogen-bond acceptors (Lipinski definition) is 6. The highest BCUT2D eigenvalue weighted by Gasteiger charge is 2.26. The number of methoxy groups -OCH3 is 1. The van der Waals surface area contributed by atoms with Crippen molar-refractivity contribution in [3.05, 3.63) is 53.6 Å². The van der Waals surface area contributed by atoms with Gasteiger partial charge in [0.25, 0.3) is 15.9 Å². The molecule has 0 heterocycles. The summed E-state index contributed by atoms with van der Waals surface area (Å²) in [5.41, 5.74) is 5.98. The third kappa shape index (κ3) is 4.25. The van der Waals surface area contributed by atoms with Crippen LogP contribution in [-0.2, 0) is 19.6 Å². The average molecular weight is 406 g/mol. The standard InChI is InChI=1S/C19H22N2O6S/c1-12-9-10-14(11-15(12)19(23)27-13(2)18(20)22)28(24,25)21(3)16-7-5-6-8-17(16)26-4/h5-11,13H,1-4H3,(H2,20,22)/t13-/m0/s1. The van der Waals surface area contributed by atoms with E-state index in [-0.39, 0.29) is 10.5 Å². The molecule has 0 radical (unpaired) electrons. The van der Waals surface area contributed by atoms with Crippen LogP contribution < -0.4 is 14.8 Å². The van der Waals surface area contributed by atoms with Crippen molar-refractivity contribution >= 4 is 27.6 Å². The number of anilines is 1. The van der Waals surface area contributed by atoms with Crippen molar-refractivity contribution in [2.75, 3.05) is 18.5 Å². The van der Waals surface area contributed by atoms with Gasteiger partial charge in [-0.1, -0.05) is 18.2 Å². The van der Waals surface area contributed by atoms with E-state index in [9.17, 15) is 18.0 Å². The number of ether oxygens (including phenoxy) is 2. The molecule has 1 amide bonds. The van der Waals surface area contributed by atoms with Crippen molar-refractivity contribution in [1.82, 2.24) is 0 Å². The Morgan fingerprint density at radius 2 is 1.79 bits per heavy atom. The first-order valence-corrected chi connectivity index (χ1v) is 9.76. The zero-order valence-corrected chi connectivity index (χ0v) is 16.8. The maximum atomic E-state index is 13.1. The molecule has 0 aromatic heterocycles. The molecule has 0 bridgehead atoms. The molecule has 0 fully saturated rings. The number of hydrogen-bond donors (Lipinski definition) is 1. The quantitative estimate of drug-likeness (QED) is 0.702. The van der Waals surface area contributed by atoms with Crippen LogP contribution in [0.5, 0.6) is 5.75 Å². The van der Waals surface area contributed by atoms with Crippen LogP contribution in [0.1, 0.15) is 22.8 Å². The summed E-state index contributed by atoms with van der Waals surface area (Å²) >= 11 is 0. The van der Waals surface area contributed by atoms with Gasteiger partial charge in [0.1, 0.15) is 5.75 Å². The molecule has 0 saturated carbocycles. The highest BCUT2D eigenvalue weighted by atomic mass is 32.2. The Bertz CT molecular complexity index is 1000. The number of carbonyl (C=O) groups excluding carboxylic acids is 2. The van der Waals surface area contributed by atoms with Crippen molar-refractivity contribution in [1.29, 1.82) is 0 Å². The van der Waals surface area contributed by atoms with Gasteiger partial charge >= 0.3 is 5.97 Å². The molecule has 2 N–H and O–H groups in total. The van der Waals surface area contributed by atoms with Crippen molar-refractivity contribution in [3.8, 4) is 5.75 Å². The second-order valence-corrected chi connectivity index (χ2v) is 8.04.